The molecular formula is C15H12OS. The summed E-state index contributed by atoms with van der Waals surface area (Å²) in [4.78, 5) is 1.22. The van der Waals surface area contributed by atoms with E-state index >= 15 is 0 Å². The van der Waals surface area contributed by atoms with Gasteiger partial charge in [0.1, 0.15) is 5.75 Å². The van der Waals surface area contributed by atoms with Gasteiger partial charge in [0.05, 0.1) is 0 Å². The van der Waals surface area contributed by atoms with Gasteiger partial charge in [-0.25, -0.2) is 0 Å². The first-order valence-corrected chi connectivity index (χ1v) is 6.45. The van der Waals surface area contributed by atoms with E-state index in [1.165, 1.54) is 4.90 Å². The molecule has 0 N–H and O–H groups in total. The summed E-state index contributed by atoms with van der Waals surface area (Å²) in [5.74, 6) is 0.962. The fourth-order valence-corrected chi connectivity index (χ4v) is 2.66. The summed E-state index contributed by atoms with van der Waals surface area (Å²) in [7, 11) is 0. The highest BCUT2D eigenvalue weighted by Crippen LogP contribution is 2.32. The molecular weight excluding hydrogens is 228 g/mol. The summed E-state index contributed by atoms with van der Waals surface area (Å²) >= 11 is 1.72. The zero-order valence-corrected chi connectivity index (χ0v) is 10.1. The van der Waals surface area contributed by atoms with E-state index in [-0.39, 0.29) is 5.44 Å². The summed E-state index contributed by atoms with van der Waals surface area (Å²) in [6, 6.07) is 18.4. The van der Waals surface area contributed by atoms with Gasteiger partial charge in [-0.1, -0.05) is 54.2 Å². The number of rotatable bonds is 2. The number of ether oxygens (including phenoxy) is 1. The van der Waals surface area contributed by atoms with Crippen molar-refractivity contribution < 1.29 is 4.74 Å². The Hall–Kier alpha value is -1.67. The Morgan fingerprint density at radius 3 is 2.53 bits per heavy atom. The van der Waals surface area contributed by atoms with Gasteiger partial charge in [0.2, 0.25) is 0 Å². The first kappa shape index (κ1) is 10.5. The molecule has 0 radical (unpaired) electrons. The van der Waals surface area contributed by atoms with Gasteiger partial charge in [0.15, 0.2) is 5.44 Å². The van der Waals surface area contributed by atoms with Gasteiger partial charge in [-0.05, 0) is 24.3 Å². The quantitative estimate of drug-likeness (QED) is 0.777. The lowest BCUT2D eigenvalue weighted by Gasteiger charge is -2.20. The molecule has 0 aromatic heterocycles. The van der Waals surface area contributed by atoms with E-state index in [1.54, 1.807) is 11.8 Å². The van der Waals surface area contributed by atoms with Gasteiger partial charge in [-0.3, -0.25) is 0 Å². The van der Waals surface area contributed by atoms with Crippen LogP contribution in [0.15, 0.2) is 65.6 Å². The molecule has 1 unspecified atom stereocenters. The molecule has 0 bridgehead atoms. The number of thioether (sulfide) groups is 1. The fourth-order valence-electron chi connectivity index (χ4n) is 1.77. The molecule has 0 aliphatic carbocycles. The molecule has 84 valence electrons. The number of hydrogen-bond donors (Lipinski definition) is 0. The lowest BCUT2D eigenvalue weighted by molar-refractivity contribution is 0.328. The van der Waals surface area contributed by atoms with Gasteiger partial charge in [-0.15, -0.1) is 0 Å². The Morgan fingerprint density at radius 1 is 0.882 bits per heavy atom. The van der Waals surface area contributed by atoms with Gasteiger partial charge in [0.25, 0.3) is 0 Å². The van der Waals surface area contributed by atoms with Crippen molar-refractivity contribution in [3.05, 3.63) is 66.2 Å². The van der Waals surface area contributed by atoms with Crippen LogP contribution in [0.1, 0.15) is 5.56 Å². The number of hydrogen-bond acceptors (Lipinski definition) is 2. The third-order valence-corrected chi connectivity index (χ3v) is 3.62. The van der Waals surface area contributed by atoms with Crippen LogP contribution in [0.3, 0.4) is 0 Å². The number of para-hydroxylation sites is 1. The maximum Gasteiger partial charge on any atom is 0.167 e. The van der Waals surface area contributed by atoms with Crippen LogP contribution in [-0.4, -0.2) is 5.44 Å². The lowest BCUT2D eigenvalue weighted by atomic mass is 10.1. The minimum absolute atomic E-state index is 0.0623. The summed E-state index contributed by atoms with van der Waals surface area (Å²) in [5.41, 5.74) is 1.21. The topological polar surface area (TPSA) is 9.23 Å². The zero-order chi connectivity index (χ0) is 11.5. The van der Waals surface area contributed by atoms with E-state index in [1.807, 2.05) is 36.4 Å². The molecule has 1 heterocycles. The third kappa shape index (κ3) is 2.37. The third-order valence-electron chi connectivity index (χ3n) is 2.59. The maximum atomic E-state index is 5.91. The SMILES string of the molecule is C1=CC(Sc2ccccc2)Oc2ccccc21. The second kappa shape index (κ2) is 4.68. The van der Waals surface area contributed by atoms with Crippen LogP contribution in [0.5, 0.6) is 5.75 Å². The van der Waals surface area contributed by atoms with Crippen molar-refractivity contribution in [2.45, 2.75) is 10.3 Å². The first-order chi connectivity index (χ1) is 8.42. The summed E-state index contributed by atoms with van der Waals surface area (Å²) in [6.45, 7) is 0. The number of fused-ring (bicyclic) bond motifs is 1. The van der Waals surface area contributed by atoms with E-state index in [2.05, 4.69) is 30.4 Å². The normalized spacial score (nSPS) is 17.3. The average Bonchev–Trinajstić information content (AvgIpc) is 2.40. The minimum Gasteiger partial charge on any atom is -0.475 e. The Morgan fingerprint density at radius 2 is 1.65 bits per heavy atom. The molecule has 2 aromatic rings. The van der Waals surface area contributed by atoms with Crippen molar-refractivity contribution in [2.24, 2.45) is 0 Å². The van der Waals surface area contributed by atoms with Crippen LogP contribution < -0.4 is 4.74 Å². The van der Waals surface area contributed by atoms with E-state index in [0.717, 1.165) is 11.3 Å². The molecule has 1 nitrogen and oxygen atoms in total. The molecule has 2 aromatic carbocycles. The Balaban J connectivity index is 1.77. The van der Waals surface area contributed by atoms with E-state index in [9.17, 15) is 0 Å². The number of benzene rings is 2. The second-order valence-electron chi connectivity index (χ2n) is 3.81. The van der Waals surface area contributed by atoms with Crippen molar-refractivity contribution in [1.82, 2.24) is 0 Å². The Labute approximate surface area is 105 Å². The van der Waals surface area contributed by atoms with Gasteiger partial charge >= 0.3 is 0 Å². The van der Waals surface area contributed by atoms with E-state index in [0.29, 0.717) is 0 Å². The Bertz CT molecular complexity index is 534. The van der Waals surface area contributed by atoms with Crippen molar-refractivity contribution in [3.8, 4) is 5.75 Å². The first-order valence-electron chi connectivity index (χ1n) is 5.57. The molecule has 2 heteroatoms. The van der Waals surface area contributed by atoms with Crippen molar-refractivity contribution >= 4 is 17.8 Å². The second-order valence-corrected chi connectivity index (χ2v) is 4.99. The molecule has 1 aliphatic heterocycles. The lowest BCUT2D eigenvalue weighted by Crippen LogP contribution is -2.12. The standard InChI is InChI=1S/C15H12OS/c1-2-7-13(8-3-1)17-15-11-10-12-6-4-5-9-14(12)16-15/h1-11,15H. The molecule has 3 rings (SSSR count). The van der Waals surface area contributed by atoms with Gasteiger partial charge in [0, 0.05) is 10.5 Å². The van der Waals surface area contributed by atoms with Crippen LogP contribution in [0.2, 0.25) is 0 Å². The van der Waals surface area contributed by atoms with Crippen molar-refractivity contribution in [2.75, 3.05) is 0 Å². The molecule has 0 fully saturated rings. The van der Waals surface area contributed by atoms with E-state index < -0.39 is 0 Å². The molecule has 0 saturated heterocycles. The monoisotopic (exact) mass is 240 g/mol. The highest BCUT2D eigenvalue weighted by atomic mass is 32.2. The van der Waals surface area contributed by atoms with Crippen LogP contribution >= 0.6 is 11.8 Å². The molecule has 17 heavy (non-hydrogen) atoms. The van der Waals surface area contributed by atoms with E-state index in [4.69, 9.17) is 4.74 Å². The fraction of sp³-hybridized carbons (Fsp3) is 0.0667. The minimum atomic E-state index is 0.0623. The average molecular weight is 240 g/mol. The summed E-state index contributed by atoms with van der Waals surface area (Å²) in [5, 5.41) is 0. The van der Waals surface area contributed by atoms with Crippen molar-refractivity contribution in [3.63, 3.8) is 0 Å². The van der Waals surface area contributed by atoms with Gasteiger partial charge in [-0.2, -0.15) is 0 Å². The highest BCUT2D eigenvalue weighted by molar-refractivity contribution is 8.00. The zero-order valence-electron chi connectivity index (χ0n) is 9.24. The smallest absolute Gasteiger partial charge is 0.167 e. The molecule has 0 spiro atoms. The van der Waals surface area contributed by atoms with Crippen LogP contribution in [-0.2, 0) is 0 Å². The van der Waals surface area contributed by atoms with Gasteiger partial charge < -0.3 is 4.74 Å². The molecule has 1 aliphatic rings. The van der Waals surface area contributed by atoms with Crippen LogP contribution in [0.25, 0.3) is 6.08 Å². The molecule has 0 amide bonds. The predicted octanol–water partition coefficient (Wildman–Crippen LogP) is 4.21. The predicted molar refractivity (Wildman–Crippen MR) is 72.2 cm³/mol. The summed E-state index contributed by atoms with van der Waals surface area (Å²) in [6.07, 6.45) is 4.22. The largest absolute Gasteiger partial charge is 0.475 e. The van der Waals surface area contributed by atoms with Crippen molar-refractivity contribution in [1.29, 1.82) is 0 Å². The van der Waals surface area contributed by atoms with Crippen LogP contribution in [0, 0.1) is 0 Å². The maximum absolute atomic E-state index is 5.91. The molecule has 1 atom stereocenters. The molecule has 0 saturated carbocycles. The highest BCUT2D eigenvalue weighted by Gasteiger charge is 2.14. The van der Waals surface area contributed by atoms with Crippen LogP contribution in [0.4, 0.5) is 0 Å². The summed E-state index contributed by atoms with van der Waals surface area (Å²) < 4.78 is 5.91. The Kier molecular flexibility index (Phi) is 2.88.